The van der Waals surface area contributed by atoms with Crippen LogP contribution >= 0.6 is 0 Å². The molecule has 1 aromatic heterocycles. The summed E-state index contributed by atoms with van der Waals surface area (Å²) in [5.74, 6) is 3.33. The third-order valence-corrected chi connectivity index (χ3v) is 10.6. The third-order valence-electron chi connectivity index (χ3n) is 10.6. The second-order valence-corrected chi connectivity index (χ2v) is 14.1. The van der Waals surface area contributed by atoms with Gasteiger partial charge in [0.2, 0.25) is 0 Å². The summed E-state index contributed by atoms with van der Waals surface area (Å²) in [5.41, 5.74) is 14.8. The SMILES string of the molecule is Cc1c(-c2ccccc2/C=C\c2nc(C3=CC4CC4C=C3)nc(-c3ccc(-c4ccccc4)cc3)n2)ccc2c1C(C)(C)c1ccccc1-2. The fraction of sp³-hybridized carbons (Fsp3) is 0.152. The zero-order valence-electron chi connectivity index (χ0n) is 28.1. The highest BCUT2D eigenvalue weighted by Gasteiger charge is 2.37. The molecule has 6 aromatic rings. The Morgan fingerprint density at radius 2 is 1.27 bits per heavy atom. The average Bonchev–Trinajstić information content (AvgIpc) is 3.89. The number of benzene rings is 5. The number of hydrogen-bond donors (Lipinski definition) is 0. The van der Waals surface area contributed by atoms with Crippen molar-refractivity contribution in [3.63, 3.8) is 0 Å². The fourth-order valence-electron chi connectivity index (χ4n) is 7.96. The van der Waals surface area contributed by atoms with Crippen molar-refractivity contribution in [2.24, 2.45) is 11.8 Å². The van der Waals surface area contributed by atoms with Gasteiger partial charge in [-0.2, -0.15) is 0 Å². The van der Waals surface area contributed by atoms with Crippen molar-refractivity contribution < 1.29 is 0 Å². The van der Waals surface area contributed by atoms with E-state index in [0.717, 1.165) is 22.5 Å². The highest BCUT2D eigenvalue weighted by atomic mass is 15.0. The van der Waals surface area contributed by atoms with Crippen LogP contribution in [-0.4, -0.2) is 15.0 Å². The number of hydrogen-bond acceptors (Lipinski definition) is 3. The van der Waals surface area contributed by atoms with Gasteiger partial charge >= 0.3 is 0 Å². The molecular weight excluding hydrogens is 595 g/mol. The summed E-state index contributed by atoms with van der Waals surface area (Å²) in [6.07, 6.45) is 12.2. The van der Waals surface area contributed by atoms with Crippen LogP contribution in [0, 0.1) is 18.8 Å². The Hall–Kier alpha value is -5.67. The van der Waals surface area contributed by atoms with Crippen LogP contribution in [0.4, 0.5) is 0 Å². The minimum Gasteiger partial charge on any atom is -0.209 e. The lowest BCUT2D eigenvalue weighted by Crippen LogP contribution is -2.16. The van der Waals surface area contributed by atoms with Gasteiger partial charge in [0, 0.05) is 16.6 Å². The van der Waals surface area contributed by atoms with Crippen molar-refractivity contribution >= 4 is 17.7 Å². The number of aromatic nitrogens is 3. The monoisotopic (exact) mass is 631 g/mol. The second-order valence-electron chi connectivity index (χ2n) is 14.1. The molecule has 1 fully saturated rings. The first-order valence-electron chi connectivity index (χ1n) is 17.3. The minimum atomic E-state index is -0.0590. The van der Waals surface area contributed by atoms with Gasteiger partial charge in [-0.05, 0) is 86.9 Å². The molecule has 0 aliphatic heterocycles. The number of nitrogens with zero attached hydrogens (tertiary/aromatic N) is 3. The highest BCUT2D eigenvalue weighted by Crippen LogP contribution is 2.51. The first-order valence-corrected chi connectivity index (χ1v) is 17.3. The Morgan fingerprint density at radius 3 is 2.08 bits per heavy atom. The maximum absolute atomic E-state index is 5.00. The van der Waals surface area contributed by atoms with E-state index < -0.39 is 0 Å². The summed E-state index contributed by atoms with van der Waals surface area (Å²) in [6.45, 7) is 6.99. The Balaban J connectivity index is 1.10. The van der Waals surface area contributed by atoms with Gasteiger partial charge in [-0.15, -0.1) is 0 Å². The zero-order chi connectivity index (χ0) is 33.1. The molecule has 3 aliphatic rings. The lowest BCUT2D eigenvalue weighted by atomic mass is 9.78. The Labute approximate surface area is 288 Å². The normalized spacial score (nSPS) is 18.1. The van der Waals surface area contributed by atoms with Crippen LogP contribution in [0.2, 0.25) is 0 Å². The van der Waals surface area contributed by atoms with E-state index in [0.29, 0.717) is 23.5 Å². The number of allylic oxidation sites excluding steroid dienone is 4. The molecule has 9 rings (SSSR count). The van der Waals surface area contributed by atoms with Crippen molar-refractivity contribution in [2.75, 3.05) is 0 Å². The van der Waals surface area contributed by atoms with E-state index in [1.54, 1.807) is 0 Å². The van der Waals surface area contributed by atoms with Gasteiger partial charge < -0.3 is 0 Å². The van der Waals surface area contributed by atoms with Gasteiger partial charge in [-0.1, -0.05) is 153 Å². The maximum atomic E-state index is 5.00. The van der Waals surface area contributed by atoms with Gasteiger partial charge in [0.25, 0.3) is 0 Å². The van der Waals surface area contributed by atoms with E-state index in [1.807, 2.05) is 12.1 Å². The molecule has 0 spiro atoms. The quantitative estimate of drug-likeness (QED) is 0.184. The van der Waals surface area contributed by atoms with Gasteiger partial charge in [0.1, 0.15) is 0 Å². The Bertz CT molecular complexity index is 2340. The van der Waals surface area contributed by atoms with E-state index >= 15 is 0 Å². The summed E-state index contributed by atoms with van der Waals surface area (Å²) in [7, 11) is 0. The summed E-state index contributed by atoms with van der Waals surface area (Å²) in [5, 5.41) is 0. The topological polar surface area (TPSA) is 38.7 Å². The van der Waals surface area contributed by atoms with E-state index in [1.165, 1.54) is 56.5 Å². The van der Waals surface area contributed by atoms with Gasteiger partial charge in [-0.25, -0.2) is 15.0 Å². The lowest BCUT2D eigenvalue weighted by molar-refractivity contribution is 0.656. The van der Waals surface area contributed by atoms with E-state index in [4.69, 9.17) is 15.0 Å². The predicted molar refractivity (Wildman–Crippen MR) is 203 cm³/mol. The summed E-state index contributed by atoms with van der Waals surface area (Å²) >= 11 is 0. The molecule has 2 unspecified atom stereocenters. The zero-order valence-corrected chi connectivity index (χ0v) is 28.1. The van der Waals surface area contributed by atoms with Crippen LogP contribution in [0.5, 0.6) is 0 Å². The van der Waals surface area contributed by atoms with Crippen molar-refractivity contribution in [1.29, 1.82) is 0 Å². The van der Waals surface area contributed by atoms with E-state index in [2.05, 4.69) is 154 Å². The smallest absolute Gasteiger partial charge is 0.164 e. The molecule has 3 aliphatic carbocycles. The first-order chi connectivity index (χ1) is 23.9. The second kappa shape index (κ2) is 11.5. The number of rotatable bonds is 6. The summed E-state index contributed by atoms with van der Waals surface area (Å²) in [4.78, 5) is 15.0. The molecule has 0 N–H and O–H groups in total. The summed E-state index contributed by atoms with van der Waals surface area (Å²) in [6, 6.07) is 41.1. The van der Waals surface area contributed by atoms with Gasteiger partial charge in [-0.3, -0.25) is 0 Å². The minimum absolute atomic E-state index is 0.0590. The van der Waals surface area contributed by atoms with Crippen molar-refractivity contribution in [3.05, 3.63) is 167 Å². The van der Waals surface area contributed by atoms with Crippen LogP contribution < -0.4 is 0 Å². The fourth-order valence-corrected chi connectivity index (χ4v) is 7.96. The third kappa shape index (κ3) is 5.18. The van der Waals surface area contributed by atoms with E-state index in [-0.39, 0.29) is 5.41 Å². The van der Waals surface area contributed by atoms with Crippen LogP contribution in [0.3, 0.4) is 0 Å². The molecule has 3 heteroatoms. The molecule has 5 aromatic carbocycles. The van der Waals surface area contributed by atoms with Crippen LogP contribution in [0.25, 0.3) is 62.5 Å². The van der Waals surface area contributed by atoms with Crippen molar-refractivity contribution in [1.82, 2.24) is 15.0 Å². The van der Waals surface area contributed by atoms with Crippen molar-refractivity contribution in [2.45, 2.75) is 32.6 Å². The molecule has 49 heavy (non-hydrogen) atoms. The summed E-state index contributed by atoms with van der Waals surface area (Å²) < 4.78 is 0. The average molecular weight is 632 g/mol. The largest absolute Gasteiger partial charge is 0.209 e. The molecule has 0 saturated heterocycles. The van der Waals surface area contributed by atoms with Gasteiger partial charge in [0.15, 0.2) is 17.5 Å². The standard InChI is InChI=1S/C46H37N3/c1-29-37(24-25-40-39-15-9-10-16-41(39)46(2,3)43(29)40)38-14-8-7-13-32(38)23-26-42-47-44(49-45(48-42)35-22-21-34-27-36(34)28-35)33-19-17-31(18-20-33)30-11-5-4-6-12-30/h4-26,28,34,36H,27H2,1-3H3/b26-23-. The number of fused-ring (bicyclic) bond motifs is 4. The molecule has 1 heterocycles. The Kier molecular flexibility index (Phi) is 6.91. The molecular formula is C46H37N3. The van der Waals surface area contributed by atoms with Gasteiger partial charge in [0.05, 0.1) is 0 Å². The van der Waals surface area contributed by atoms with E-state index in [9.17, 15) is 0 Å². The van der Waals surface area contributed by atoms with Crippen molar-refractivity contribution in [3.8, 4) is 44.8 Å². The maximum Gasteiger partial charge on any atom is 0.164 e. The molecule has 0 amide bonds. The first kappa shape index (κ1) is 29.5. The highest BCUT2D eigenvalue weighted by molar-refractivity contribution is 5.88. The van der Waals surface area contributed by atoms with Crippen LogP contribution in [0.15, 0.2) is 133 Å². The predicted octanol–water partition coefficient (Wildman–Crippen LogP) is 11.2. The molecule has 0 bridgehead atoms. The van der Waals surface area contributed by atoms with Crippen LogP contribution in [-0.2, 0) is 5.41 Å². The Morgan fingerprint density at radius 1 is 0.592 bits per heavy atom. The molecule has 1 saturated carbocycles. The molecule has 3 nitrogen and oxygen atoms in total. The molecule has 236 valence electrons. The molecule has 0 radical (unpaired) electrons. The van der Waals surface area contributed by atoms with Crippen LogP contribution in [0.1, 0.15) is 54.2 Å². The lowest BCUT2D eigenvalue weighted by Gasteiger charge is -2.25. The molecule has 2 atom stereocenters.